The zero-order valence-corrected chi connectivity index (χ0v) is 9.43. The van der Waals surface area contributed by atoms with Gasteiger partial charge in [-0.1, -0.05) is 47.1 Å². The molecule has 76 valence electrons. The van der Waals surface area contributed by atoms with Gasteiger partial charge in [-0.15, -0.1) is 0 Å². The minimum absolute atomic E-state index is 0.0867. The van der Waals surface area contributed by atoms with E-state index in [0.29, 0.717) is 0 Å². The highest BCUT2D eigenvalue weighted by Crippen LogP contribution is 2.38. The molecule has 0 heterocycles. The first-order chi connectivity index (χ1) is 5.55. The van der Waals surface area contributed by atoms with Crippen molar-refractivity contribution in [2.75, 3.05) is 0 Å². The van der Waals surface area contributed by atoms with Crippen molar-refractivity contribution in [1.82, 2.24) is 0 Å². The number of hydrogen-bond donors (Lipinski definition) is 1. The lowest BCUT2D eigenvalue weighted by Gasteiger charge is -2.33. The lowest BCUT2D eigenvalue weighted by Crippen LogP contribution is -2.23. The Morgan fingerprint density at radius 2 is 1.31 bits per heavy atom. The monoisotopic (exact) mass is 184 g/mol. The maximum atomic E-state index is 10.6. The third-order valence-electron chi connectivity index (χ3n) is 1.88. The fourth-order valence-corrected chi connectivity index (χ4v) is 1.68. The zero-order valence-electron chi connectivity index (χ0n) is 9.43. The highest BCUT2D eigenvalue weighted by Gasteiger charge is 2.28. The van der Waals surface area contributed by atoms with Gasteiger partial charge in [-0.2, -0.15) is 0 Å². The van der Waals surface area contributed by atoms with E-state index in [2.05, 4.69) is 0 Å². The molecular formula is C11H20O2. The molecule has 0 atom stereocenters. The van der Waals surface area contributed by atoms with E-state index in [1.165, 1.54) is 6.08 Å². The van der Waals surface area contributed by atoms with E-state index in [4.69, 9.17) is 5.11 Å². The third kappa shape index (κ3) is 4.11. The van der Waals surface area contributed by atoms with E-state index in [-0.39, 0.29) is 10.8 Å². The summed E-state index contributed by atoms with van der Waals surface area (Å²) in [5, 5.41) is 8.73. The van der Waals surface area contributed by atoms with Gasteiger partial charge in [0.25, 0.3) is 0 Å². The average molecular weight is 184 g/mol. The molecule has 0 bridgehead atoms. The summed E-state index contributed by atoms with van der Waals surface area (Å²) in [6.45, 7) is 12.2. The van der Waals surface area contributed by atoms with Crippen LogP contribution in [-0.2, 0) is 4.79 Å². The molecule has 2 heteroatoms. The van der Waals surface area contributed by atoms with Crippen LogP contribution in [0.4, 0.5) is 0 Å². The number of rotatable bonds is 1. The Labute approximate surface area is 80.7 Å². The molecular weight excluding hydrogens is 164 g/mol. The molecule has 13 heavy (non-hydrogen) atoms. The van der Waals surface area contributed by atoms with E-state index >= 15 is 0 Å². The van der Waals surface area contributed by atoms with Crippen molar-refractivity contribution in [3.63, 3.8) is 0 Å². The van der Waals surface area contributed by atoms with Crippen molar-refractivity contribution >= 4 is 5.97 Å². The van der Waals surface area contributed by atoms with Gasteiger partial charge in [0, 0.05) is 6.08 Å². The first-order valence-corrected chi connectivity index (χ1v) is 4.51. The summed E-state index contributed by atoms with van der Waals surface area (Å²) in [5.74, 6) is -0.861. The van der Waals surface area contributed by atoms with Crippen LogP contribution in [0.5, 0.6) is 0 Å². The Hall–Kier alpha value is -0.790. The van der Waals surface area contributed by atoms with Gasteiger partial charge in [0.05, 0.1) is 0 Å². The molecule has 0 aromatic carbocycles. The fraction of sp³-hybridized carbons (Fsp3) is 0.727. The highest BCUT2D eigenvalue weighted by atomic mass is 16.4. The largest absolute Gasteiger partial charge is 0.478 e. The van der Waals surface area contributed by atoms with Crippen molar-refractivity contribution in [2.24, 2.45) is 10.8 Å². The molecule has 0 saturated heterocycles. The fourth-order valence-electron chi connectivity index (χ4n) is 1.68. The van der Waals surface area contributed by atoms with Gasteiger partial charge in [0.2, 0.25) is 0 Å². The molecule has 0 aromatic rings. The molecule has 0 fully saturated rings. The maximum absolute atomic E-state index is 10.6. The zero-order chi connectivity index (χ0) is 10.9. The first-order valence-electron chi connectivity index (χ1n) is 4.51. The van der Waals surface area contributed by atoms with Crippen molar-refractivity contribution in [3.8, 4) is 0 Å². The van der Waals surface area contributed by atoms with E-state index in [1.807, 2.05) is 41.5 Å². The Morgan fingerprint density at radius 3 is 1.38 bits per heavy atom. The molecule has 0 unspecified atom stereocenters. The summed E-state index contributed by atoms with van der Waals surface area (Å²) in [5.41, 5.74) is 0.792. The second-order valence-electron chi connectivity index (χ2n) is 5.40. The first kappa shape index (κ1) is 12.2. The highest BCUT2D eigenvalue weighted by molar-refractivity contribution is 5.81. The number of hydrogen-bond acceptors (Lipinski definition) is 1. The van der Waals surface area contributed by atoms with Crippen LogP contribution < -0.4 is 0 Å². The molecule has 0 saturated carbocycles. The smallest absolute Gasteiger partial charge is 0.328 e. The van der Waals surface area contributed by atoms with Crippen LogP contribution in [0.25, 0.3) is 0 Å². The van der Waals surface area contributed by atoms with Gasteiger partial charge >= 0.3 is 5.97 Å². The number of aliphatic carboxylic acids is 1. The number of carbonyl (C=O) groups is 1. The van der Waals surface area contributed by atoms with Crippen molar-refractivity contribution < 1.29 is 9.90 Å². The summed E-state index contributed by atoms with van der Waals surface area (Å²) in [7, 11) is 0. The second-order valence-corrected chi connectivity index (χ2v) is 5.40. The van der Waals surface area contributed by atoms with Crippen LogP contribution in [0.3, 0.4) is 0 Å². The molecule has 0 radical (unpaired) electrons. The number of carboxylic acids is 1. The van der Waals surface area contributed by atoms with Gasteiger partial charge in [-0.3, -0.25) is 0 Å². The van der Waals surface area contributed by atoms with Crippen molar-refractivity contribution in [2.45, 2.75) is 41.5 Å². The quantitative estimate of drug-likeness (QED) is 0.636. The average Bonchev–Trinajstić information content (AvgIpc) is 1.77. The molecule has 0 aliphatic heterocycles. The molecule has 0 aromatic heterocycles. The van der Waals surface area contributed by atoms with Crippen molar-refractivity contribution in [1.29, 1.82) is 0 Å². The molecule has 0 spiro atoms. The summed E-state index contributed by atoms with van der Waals surface area (Å²) in [6.07, 6.45) is 1.33. The minimum Gasteiger partial charge on any atom is -0.478 e. The maximum Gasteiger partial charge on any atom is 0.328 e. The normalized spacial score (nSPS) is 12.5. The van der Waals surface area contributed by atoms with Gasteiger partial charge in [-0.05, 0) is 10.8 Å². The van der Waals surface area contributed by atoms with Crippen LogP contribution in [0.1, 0.15) is 41.5 Å². The van der Waals surface area contributed by atoms with Gasteiger partial charge < -0.3 is 5.11 Å². The van der Waals surface area contributed by atoms with Crippen LogP contribution in [0.2, 0.25) is 0 Å². The second kappa shape index (κ2) is 3.52. The molecule has 0 amide bonds. The van der Waals surface area contributed by atoms with Crippen LogP contribution in [0.15, 0.2) is 11.6 Å². The topological polar surface area (TPSA) is 37.3 Å². The van der Waals surface area contributed by atoms with E-state index < -0.39 is 5.97 Å². The number of allylic oxidation sites excluding steroid dienone is 1. The van der Waals surface area contributed by atoms with E-state index in [0.717, 1.165) is 5.57 Å². The summed E-state index contributed by atoms with van der Waals surface area (Å²) < 4.78 is 0. The predicted octanol–water partition coefficient (Wildman–Crippen LogP) is 3.09. The Kier molecular flexibility index (Phi) is 3.31. The Bertz CT molecular complexity index is 207. The number of carboxylic acid groups (broad SMARTS) is 1. The third-order valence-corrected chi connectivity index (χ3v) is 1.88. The molecule has 0 aliphatic rings. The van der Waals surface area contributed by atoms with E-state index in [9.17, 15) is 4.79 Å². The molecule has 2 nitrogen and oxygen atoms in total. The van der Waals surface area contributed by atoms with E-state index in [1.54, 1.807) is 0 Å². The van der Waals surface area contributed by atoms with Gasteiger partial charge in [-0.25, -0.2) is 4.79 Å². The predicted molar refractivity (Wildman–Crippen MR) is 54.6 cm³/mol. The summed E-state index contributed by atoms with van der Waals surface area (Å²) >= 11 is 0. The molecule has 0 aliphatic carbocycles. The summed E-state index contributed by atoms with van der Waals surface area (Å²) in [4.78, 5) is 10.6. The van der Waals surface area contributed by atoms with Gasteiger partial charge in [0.1, 0.15) is 0 Å². The van der Waals surface area contributed by atoms with Crippen LogP contribution in [0, 0.1) is 10.8 Å². The SMILES string of the molecule is CC(C)(C)C(=CC(=O)O)C(C)(C)C. The van der Waals surface area contributed by atoms with Crippen LogP contribution >= 0.6 is 0 Å². The molecule has 1 N–H and O–H groups in total. The lowest BCUT2D eigenvalue weighted by molar-refractivity contribution is -0.131. The molecule has 0 rings (SSSR count). The summed E-state index contributed by atoms with van der Waals surface area (Å²) in [6, 6.07) is 0. The van der Waals surface area contributed by atoms with Gasteiger partial charge in [0.15, 0.2) is 0 Å². The lowest BCUT2D eigenvalue weighted by atomic mass is 9.72. The Balaban J connectivity index is 5.13. The Morgan fingerprint density at radius 1 is 1.00 bits per heavy atom. The van der Waals surface area contributed by atoms with Crippen molar-refractivity contribution in [3.05, 3.63) is 11.6 Å². The minimum atomic E-state index is -0.861. The van der Waals surface area contributed by atoms with Crippen LogP contribution in [-0.4, -0.2) is 11.1 Å². The standard InChI is InChI=1S/C11H20O2/c1-10(2,3)8(7-9(12)13)11(4,5)6/h7H,1-6H3,(H,12,13).